The van der Waals surface area contributed by atoms with Crippen molar-refractivity contribution in [2.45, 2.75) is 19.4 Å². The molecule has 0 radical (unpaired) electrons. The summed E-state index contributed by atoms with van der Waals surface area (Å²) >= 11 is 12.1. The number of aliphatic hydroxyl groups is 1. The second-order valence-corrected chi connectivity index (χ2v) is 5.73. The molecule has 0 spiro atoms. The van der Waals surface area contributed by atoms with E-state index >= 15 is 0 Å². The standard InChI is InChI=1S/C17H19Cl2NO/c1-2-20(14-6-4-3-5-7-14)11-10-17(21)15-12-13(18)8-9-16(15)19/h3-9,12,17,21H,2,10-11H2,1H3. The fourth-order valence-corrected chi connectivity index (χ4v) is 2.74. The van der Waals surface area contributed by atoms with E-state index in [1.54, 1.807) is 18.2 Å². The third-order valence-corrected chi connectivity index (χ3v) is 4.07. The first-order valence-electron chi connectivity index (χ1n) is 7.04. The van der Waals surface area contributed by atoms with E-state index in [0.717, 1.165) is 18.8 Å². The summed E-state index contributed by atoms with van der Waals surface area (Å²) in [6.45, 7) is 3.75. The fourth-order valence-electron chi connectivity index (χ4n) is 2.31. The number of nitrogens with zero attached hydrogens (tertiary/aromatic N) is 1. The lowest BCUT2D eigenvalue weighted by molar-refractivity contribution is 0.169. The number of hydrogen-bond donors (Lipinski definition) is 1. The highest BCUT2D eigenvalue weighted by atomic mass is 35.5. The van der Waals surface area contributed by atoms with Gasteiger partial charge in [-0.1, -0.05) is 41.4 Å². The van der Waals surface area contributed by atoms with Crippen LogP contribution in [0.2, 0.25) is 10.0 Å². The molecule has 2 aromatic carbocycles. The van der Waals surface area contributed by atoms with Gasteiger partial charge in [-0.15, -0.1) is 0 Å². The van der Waals surface area contributed by atoms with Gasteiger partial charge >= 0.3 is 0 Å². The molecule has 2 rings (SSSR count). The molecule has 112 valence electrons. The molecule has 1 unspecified atom stereocenters. The quantitative estimate of drug-likeness (QED) is 0.813. The zero-order chi connectivity index (χ0) is 15.2. The Labute approximate surface area is 135 Å². The third-order valence-electron chi connectivity index (χ3n) is 3.49. The molecule has 0 amide bonds. The number of benzene rings is 2. The van der Waals surface area contributed by atoms with Crippen LogP contribution < -0.4 is 4.90 Å². The van der Waals surface area contributed by atoms with Crippen LogP contribution in [0.3, 0.4) is 0 Å². The Hall–Kier alpha value is -1.22. The van der Waals surface area contributed by atoms with Crippen molar-refractivity contribution in [3.05, 3.63) is 64.1 Å². The van der Waals surface area contributed by atoms with E-state index < -0.39 is 6.10 Å². The van der Waals surface area contributed by atoms with Crippen LogP contribution in [0.4, 0.5) is 5.69 Å². The predicted molar refractivity (Wildman–Crippen MR) is 90.4 cm³/mol. The van der Waals surface area contributed by atoms with Crippen LogP contribution in [0.1, 0.15) is 25.0 Å². The molecule has 0 aromatic heterocycles. The highest BCUT2D eigenvalue weighted by molar-refractivity contribution is 6.33. The van der Waals surface area contributed by atoms with Gasteiger partial charge < -0.3 is 10.0 Å². The monoisotopic (exact) mass is 323 g/mol. The maximum Gasteiger partial charge on any atom is 0.0821 e. The summed E-state index contributed by atoms with van der Waals surface area (Å²) in [4.78, 5) is 2.22. The van der Waals surface area contributed by atoms with Crippen molar-refractivity contribution < 1.29 is 5.11 Å². The molecule has 2 nitrogen and oxygen atoms in total. The Bertz CT molecular complexity index is 574. The molecule has 4 heteroatoms. The molecule has 2 aromatic rings. The highest BCUT2D eigenvalue weighted by Crippen LogP contribution is 2.28. The number of halogens is 2. The Morgan fingerprint density at radius 3 is 2.48 bits per heavy atom. The van der Waals surface area contributed by atoms with E-state index in [4.69, 9.17) is 23.2 Å². The minimum atomic E-state index is -0.617. The SMILES string of the molecule is CCN(CCC(O)c1cc(Cl)ccc1Cl)c1ccccc1. The van der Waals surface area contributed by atoms with Gasteiger partial charge in [-0.3, -0.25) is 0 Å². The Morgan fingerprint density at radius 2 is 1.81 bits per heavy atom. The summed E-state index contributed by atoms with van der Waals surface area (Å²) in [6, 6.07) is 15.3. The molecule has 0 bridgehead atoms. The van der Waals surface area contributed by atoms with Crippen molar-refractivity contribution in [1.29, 1.82) is 0 Å². The molecule has 21 heavy (non-hydrogen) atoms. The lowest BCUT2D eigenvalue weighted by atomic mass is 10.1. The Kier molecular flexibility index (Phi) is 5.92. The summed E-state index contributed by atoms with van der Waals surface area (Å²) < 4.78 is 0. The maximum absolute atomic E-state index is 10.3. The van der Waals surface area contributed by atoms with Gasteiger partial charge in [0.1, 0.15) is 0 Å². The number of hydrogen-bond acceptors (Lipinski definition) is 2. The van der Waals surface area contributed by atoms with Gasteiger partial charge in [-0.25, -0.2) is 0 Å². The van der Waals surface area contributed by atoms with Crippen LogP contribution in [0.25, 0.3) is 0 Å². The zero-order valence-corrected chi connectivity index (χ0v) is 13.5. The molecule has 0 fully saturated rings. The fraction of sp³-hybridized carbons (Fsp3) is 0.294. The first kappa shape index (κ1) is 16.2. The normalized spacial score (nSPS) is 12.2. The molecule has 0 aliphatic heterocycles. The van der Waals surface area contributed by atoms with Crippen molar-refractivity contribution in [3.63, 3.8) is 0 Å². The molecule has 1 atom stereocenters. The van der Waals surface area contributed by atoms with Gasteiger partial charge in [0.05, 0.1) is 6.10 Å². The lowest BCUT2D eigenvalue weighted by Gasteiger charge is -2.24. The van der Waals surface area contributed by atoms with Gasteiger partial charge in [-0.2, -0.15) is 0 Å². The number of anilines is 1. The summed E-state index contributed by atoms with van der Waals surface area (Å²) in [6.07, 6.45) is -0.0167. The summed E-state index contributed by atoms with van der Waals surface area (Å²) in [5.74, 6) is 0. The highest BCUT2D eigenvalue weighted by Gasteiger charge is 2.14. The minimum absolute atomic E-state index is 0.551. The van der Waals surface area contributed by atoms with Crippen LogP contribution in [-0.2, 0) is 0 Å². The maximum atomic E-state index is 10.3. The molecule has 0 aliphatic carbocycles. The van der Waals surface area contributed by atoms with Gasteiger partial charge in [-0.05, 0) is 43.7 Å². The van der Waals surface area contributed by atoms with Crippen molar-refractivity contribution >= 4 is 28.9 Å². The van der Waals surface area contributed by atoms with Crippen molar-refractivity contribution in [3.8, 4) is 0 Å². The van der Waals surface area contributed by atoms with Crippen molar-refractivity contribution in [1.82, 2.24) is 0 Å². The molecule has 0 heterocycles. The van der Waals surface area contributed by atoms with Gasteiger partial charge in [0.25, 0.3) is 0 Å². The molecule has 0 saturated carbocycles. The topological polar surface area (TPSA) is 23.5 Å². The molecule has 1 N–H and O–H groups in total. The molecule has 0 aliphatic rings. The van der Waals surface area contributed by atoms with Crippen LogP contribution in [0.5, 0.6) is 0 Å². The second kappa shape index (κ2) is 7.69. The average molecular weight is 324 g/mol. The minimum Gasteiger partial charge on any atom is -0.388 e. The van der Waals surface area contributed by atoms with E-state index in [9.17, 15) is 5.11 Å². The molecular formula is C17H19Cl2NO. The van der Waals surface area contributed by atoms with Crippen molar-refractivity contribution in [2.24, 2.45) is 0 Å². The largest absolute Gasteiger partial charge is 0.388 e. The summed E-state index contributed by atoms with van der Waals surface area (Å²) in [5, 5.41) is 11.5. The average Bonchev–Trinajstić information content (AvgIpc) is 2.51. The van der Waals surface area contributed by atoms with Crippen LogP contribution >= 0.6 is 23.2 Å². The van der Waals surface area contributed by atoms with Crippen LogP contribution in [-0.4, -0.2) is 18.2 Å². The van der Waals surface area contributed by atoms with Crippen LogP contribution in [0.15, 0.2) is 48.5 Å². The summed E-state index contributed by atoms with van der Waals surface area (Å²) in [7, 11) is 0. The number of para-hydroxylation sites is 1. The Morgan fingerprint density at radius 1 is 1.10 bits per heavy atom. The number of rotatable bonds is 6. The first-order valence-corrected chi connectivity index (χ1v) is 7.80. The van der Waals surface area contributed by atoms with E-state index in [2.05, 4.69) is 24.0 Å². The molecular weight excluding hydrogens is 305 g/mol. The predicted octanol–water partition coefficient (Wildman–Crippen LogP) is 4.94. The van der Waals surface area contributed by atoms with E-state index in [0.29, 0.717) is 22.0 Å². The Balaban J connectivity index is 2.02. The van der Waals surface area contributed by atoms with Gasteiger partial charge in [0, 0.05) is 34.4 Å². The summed E-state index contributed by atoms with van der Waals surface area (Å²) in [5.41, 5.74) is 1.85. The molecule has 0 saturated heterocycles. The second-order valence-electron chi connectivity index (χ2n) is 4.89. The van der Waals surface area contributed by atoms with E-state index in [-0.39, 0.29) is 0 Å². The number of aliphatic hydroxyl groups excluding tert-OH is 1. The van der Waals surface area contributed by atoms with Crippen molar-refractivity contribution in [2.75, 3.05) is 18.0 Å². The van der Waals surface area contributed by atoms with Gasteiger partial charge in [0.2, 0.25) is 0 Å². The smallest absolute Gasteiger partial charge is 0.0821 e. The van der Waals surface area contributed by atoms with E-state index in [1.165, 1.54) is 0 Å². The van der Waals surface area contributed by atoms with Crippen LogP contribution in [0, 0.1) is 0 Å². The zero-order valence-electron chi connectivity index (χ0n) is 12.0. The lowest BCUT2D eigenvalue weighted by Crippen LogP contribution is -2.25. The third kappa shape index (κ3) is 4.37. The van der Waals surface area contributed by atoms with E-state index in [1.807, 2.05) is 18.2 Å². The first-order chi connectivity index (χ1) is 10.1. The van der Waals surface area contributed by atoms with Gasteiger partial charge in [0.15, 0.2) is 0 Å².